The Balaban J connectivity index is 1.60. The van der Waals surface area contributed by atoms with E-state index in [1.54, 1.807) is 7.11 Å². The smallest absolute Gasteiger partial charge is 0.272 e. The lowest BCUT2D eigenvalue weighted by Gasteiger charge is -2.09. The first-order chi connectivity index (χ1) is 13.2. The summed E-state index contributed by atoms with van der Waals surface area (Å²) >= 11 is 0. The summed E-state index contributed by atoms with van der Waals surface area (Å²) in [5.74, 6) is 1.04. The van der Waals surface area contributed by atoms with Gasteiger partial charge in [-0.15, -0.1) is 0 Å². The van der Waals surface area contributed by atoms with E-state index < -0.39 is 0 Å². The Morgan fingerprint density at radius 3 is 2.59 bits per heavy atom. The van der Waals surface area contributed by atoms with Crippen LogP contribution in [-0.2, 0) is 0 Å². The third kappa shape index (κ3) is 3.67. The lowest BCUT2D eigenvalue weighted by atomic mass is 10.1. The lowest BCUT2D eigenvalue weighted by Crippen LogP contribution is -2.20. The molecule has 1 N–H and O–H groups in total. The highest BCUT2D eigenvalue weighted by Crippen LogP contribution is 2.40. The molecule has 4 rings (SSSR count). The summed E-state index contributed by atoms with van der Waals surface area (Å²) in [6, 6.07) is 17.2. The van der Waals surface area contributed by atoms with Gasteiger partial charge in [-0.3, -0.25) is 9.78 Å². The molecule has 0 bridgehead atoms. The molecule has 0 spiro atoms. The van der Waals surface area contributed by atoms with Gasteiger partial charge in [0.15, 0.2) is 0 Å². The number of aromatic nitrogens is 1. The first kappa shape index (κ1) is 17.2. The van der Waals surface area contributed by atoms with E-state index >= 15 is 0 Å². The average molecular weight is 359 g/mol. The number of fused-ring (bicyclic) bond motifs is 1. The van der Waals surface area contributed by atoms with Crippen LogP contribution in [0.5, 0.6) is 5.75 Å². The van der Waals surface area contributed by atoms with Crippen molar-refractivity contribution >= 4 is 22.5 Å². The Kier molecular flexibility index (Phi) is 4.59. The molecule has 0 atom stereocenters. The number of nitrogens with zero attached hydrogens (tertiary/aromatic N) is 2. The normalized spacial score (nSPS) is 14.2. The van der Waals surface area contributed by atoms with Gasteiger partial charge in [0.1, 0.15) is 5.75 Å². The van der Waals surface area contributed by atoms with E-state index in [1.165, 1.54) is 0 Å². The molecular weight excluding hydrogens is 338 g/mol. The highest BCUT2D eigenvalue weighted by molar-refractivity contribution is 6.07. The molecule has 3 aromatic rings. The molecule has 1 fully saturated rings. The second-order valence-electron chi connectivity index (χ2n) is 6.75. The van der Waals surface area contributed by atoms with Gasteiger partial charge in [0.25, 0.3) is 5.91 Å². The number of nitrogens with one attached hydrogen (secondary N) is 1. The standard InChI is InChI=1S/C22H21N3O2/c1-14(15-9-11-17(27-2)12-10-15)24-25-22(26)19-13-21(16-7-8-16)23-20-6-4-3-5-18(19)20/h3-6,9-13,16H,7-8H2,1-2H3,(H,25,26). The van der Waals surface area contributed by atoms with Gasteiger partial charge in [-0.05, 0) is 61.7 Å². The third-order valence-electron chi connectivity index (χ3n) is 4.81. The second kappa shape index (κ2) is 7.19. The van der Waals surface area contributed by atoms with Crippen LogP contribution in [0, 0.1) is 0 Å². The molecule has 1 amide bonds. The van der Waals surface area contributed by atoms with Crippen LogP contribution in [0.3, 0.4) is 0 Å². The van der Waals surface area contributed by atoms with E-state index in [0.717, 1.165) is 46.5 Å². The van der Waals surface area contributed by atoms with Gasteiger partial charge >= 0.3 is 0 Å². The highest BCUT2D eigenvalue weighted by Gasteiger charge is 2.26. The molecule has 2 aromatic carbocycles. The Bertz CT molecular complexity index is 1020. The van der Waals surface area contributed by atoms with Crippen molar-refractivity contribution in [3.63, 3.8) is 0 Å². The van der Waals surface area contributed by atoms with Gasteiger partial charge in [-0.2, -0.15) is 5.10 Å². The van der Waals surface area contributed by atoms with E-state index in [2.05, 4.69) is 10.5 Å². The average Bonchev–Trinajstić information content (AvgIpc) is 3.56. The number of rotatable bonds is 5. The third-order valence-corrected chi connectivity index (χ3v) is 4.81. The minimum Gasteiger partial charge on any atom is -0.497 e. The van der Waals surface area contributed by atoms with Crippen LogP contribution in [0.2, 0.25) is 0 Å². The molecule has 27 heavy (non-hydrogen) atoms. The first-order valence-corrected chi connectivity index (χ1v) is 9.04. The maximum Gasteiger partial charge on any atom is 0.272 e. The van der Waals surface area contributed by atoms with Gasteiger partial charge in [-0.1, -0.05) is 18.2 Å². The minimum atomic E-state index is -0.219. The summed E-state index contributed by atoms with van der Waals surface area (Å²) < 4.78 is 5.17. The molecule has 5 nitrogen and oxygen atoms in total. The second-order valence-corrected chi connectivity index (χ2v) is 6.75. The summed E-state index contributed by atoms with van der Waals surface area (Å²) in [5, 5.41) is 5.12. The van der Waals surface area contributed by atoms with Gasteiger partial charge in [-0.25, -0.2) is 5.43 Å². The number of hydrazone groups is 1. The topological polar surface area (TPSA) is 63.6 Å². The maximum absolute atomic E-state index is 12.8. The van der Waals surface area contributed by atoms with Crippen LogP contribution in [0.1, 0.15) is 47.3 Å². The van der Waals surface area contributed by atoms with Crippen molar-refractivity contribution < 1.29 is 9.53 Å². The fraction of sp³-hybridized carbons (Fsp3) is 0.227. The molecule has 0 radical (unpaired) electrons. The van der Waals surface area contributed by atoms with Crippen LogP contribution in [0.25, 0.3) is 10.9 Å². The van der Waals surface area contributed by atoms with Crippen LogP contribution < -0.4 is 10.2 Å². The summed E-state index contributed by atoms with van der Waals surface area (Å²) in [4.78, 5) is 17.5. The van der Waals surface area contributed by atoms with E-state index in [-0.39, 0.29) is 5.91 Å². The number of para-hydroxylation sites is 1. The van der Waals surface area contributed by atoms with E-state index in [9.17, 15) is 4.79 Å². The number of hydrogen-bond donors (Lipinski definition) is 1. The van der Waals surface area contributed by atoms with Crippen molar-refractivity contribution in [3.05, 3.63) is 71.4 Å². The number of pyridine rings is 1. The Morgan fingerprint density at radius 2 is 1.89 bits per heavy atom. The molecular formula is C22H21N3O2. The van der Waals surface area contributed by atoms with Crippen LogP contribution >= 0.6 is 0 Å². The van der Waals surface area contributed by atoms with Crippen molar-refractivity contribution in [1.82, 2.24) is 10.4 Å². The molecule has 1 heterocycles. The Labute approximate surface area is 158 Å². The van der Waals surface area contributed by atoms with E-state index in [4.69, 9.17) is 9.72 Å². The number of carbonyl (C=O) groups is 1. The molecule has 5 heteroatoms. The molecule has 1 aliphatic carbocycles. The van der Waals surface area contributed by atoms with Crippen molar-refractivity contribution in [1.29, 1.82) is 0 Å². The number of methoxy groups -OCH3 is 1. The van der Waals surface area contributed by atoms with Crippen LogP contribution in [-0.4, -0.2) is 23.7 Å². The molecule has 1 aliphatic rings. The summed E-state index contributed by atoms with van der Waals surface area (Å²) in [6.45, 7) is 1.86. The minimum absolute atomic E-state index is 0.219. The largest absolute Gasteiger partial charge is 0.497 e. The van der Waals surface area contributed by atoms with Crippen molar-refractivity contribution in [3.8, 4) is 5.75 Å². The summed E-state index contributed by atoms with van der Waals surface area (Å²) in [6.07, 6.45) is 2.28. The monoisotopic (exact) mass is 359 g/mol. The zero-order valence-electron chi connectivity index (χ0n) is 15.4. The Hall–Kier alpha value is -3.21. The predicted octanol–water partition coefficient (Wildman–Crippen LogP) is 4.27. The van der Waals surface area contributed by atoms with Crippen LogP contribution in [0.4, 0.5) is 0 Å². The zero-order chi connectivity index (χ0) is 18.8. The number of benzene rings is 2. The molecule has 0 unspecified atom stereocenters. The van der Waals surface area contributed by atoms with Crippen molar-refractivity contribution in [2.75, 3.05) is 7.11 Å². The highest BCUT2D eigenvalue weighted by atomic mass is 16.5. The van der Waals surface area contributed by atoms with Crippen molar-refractivity contribution in [2.24, 2.45) is 5.10 Å². The first-order valence-electron chi connectivity index (χ1n) is 9.04. The molecule has 1 saturated carbocycles. The summed E-state index contributed by atoms with van der Waals surface area (Å²) in [5.41, 5.74) is 6.81. The van der Waals surface area contributed by atoms with Crippen molar-refractivity contribution in [2.45, 2.75) is 25.7 Å². The molecule has 0 saturated heterocycles. The SMILES string of the molecule is COc1ccc(C(C)=NNC(=O)c2cc(C3CC3)nc3ccccc23)cc1. The number of hydrogen-bond acceptors (Lipinski definition) is 4. The number of carbonyl (C=O) groups excluding carboxylic acids is 1. The number of ether oxygens (including phenoxy) is 1. The fourth-order valence-corrected chi connectivity index (χ4v) is 3.06. The van der Waals surface area contributed by atoms with E-state index in [1.807, 2.05) is 61.5 Å². The lowest BCUT2D eigenvalue weighted by molar-refractivity contribution is 0.0956. The Morgan fingerprint density at radius 1 is 1.15 bits per heavy atom. The van der Waals surface area contributed by atoms with Crippen LogP contribution in [0.15, 0.2) is 59.7 Å². The van der Waals surface area contributed by atoms with Gasteiger partial charge in [0.05, 0.1) is 23.9 Å². The van der Waals surface area contributed by atoms with Gasteiger partial charge < -0.3 is 4.74 Å². The van der Waals surface area contributed by atoms with E-state index in [0.29, 0.717) is 11.5 Å². The molecule has 136 valence electrons. The van der Waals surface area contributed by atoms with Gasteiger partial charge in [0.2, 0.25) is 0 Å². The number of amides is 1. The molecule has 1 aromatic heterocycles. The predicted molar refractivity (Wildman–Crippen MR) is 106 cm³/mol. The maximum atomic E-state index is 12.8. The summed E-state index contributed by atoms with van der Waals surface area (Å²) in [7, 11) is 1.63. The molecule has 0 aliphatic heterocycles. The fourth-order valence-electron chi connectivity index (χ4n) is 3.06. The zero-order valence-corrected chi connectivity index (χ0v) is 15.4. The quantitative estimate of drug-likeness (QED) is 0.546. The van der Waals surface area contributed by atoms with Gasteiger partial charge in [0, 0.05) is 17.0 Å².